The lowest BCUT2D eigenvalue weighted by Crippen LogP contribution is -2.29. The molecule has 0 heterocycles. The molecule has 0 bridgehead atoms. The highest BCUT2D eigenvalue weighted by Crippen LogP contribution is 2.19. The SMILES string of the molecule is CC(C)c1cc(C=O)ccc1C=O.CC(CO)(CO)CO. The first-order valence-corrected chi connectivity index (χ1v) is 6.74. The molecular formula is C16H24O5. The number of carbonyl (C=O) groups excluding carboxylic acids is 2. The van der Waals surface area contributed by atoms with E-state index in [0.717, 1.165) is 18.1 Å². The molecule has 0 saturated carbocycles. The fraction of sp³-hybridized carbons (Fsp3) is 0.500. The predicted octanol–water partition coefficient (Wildman–Crippen LogP) is 1.40. The van der Waals surface area contributed by atoms with Crippen LogP contribution in [0.25, 0.3) is 0 Å². The van der Waals surface area contributed by atoms with E-state index in [1.54, 1.807) is 25.1 Å². The Hall–Kier alpha value is -1.56. The number of aliphatic hydroxyl groups is 3. The summed E-state index contributed by atoms with van der Waals surface area (Å²) in [6.45, 7) is 5.06. The van der Waals surface area contributed by atoms with E-state index in [1.165, 1.54) is 0 Å². The topological polar surface area (TPSA) is 94.8 Å². The Kier molecular flexibility index (Phi) is 8.69. The van der Waals surface area contributed by atoms with E-state index >= 15 is 0 Å². The molecule has 5 nitrogen and oxygen atoms in total. The minimum atomic E-state index is -0.708. The van der Waals surface area contributed by atoms with Crippen molar-refractivity contribution in [3.8, 4) is 0 Å². The van der Waals surface area contributed by atoms with E-state index in [9.17, 15) is 9.59 Å². The summed E-state index contributed by atoms with van der Waals surface area (Å²) in [5.41, 5.74) is 1.51. The van der Waals surface area contributed by atoms with Crippen LogP contribution >= 0.6 is 0 Å². The van der Waals surface area contributed by atoms with Gasteiger partial charge in [0.1, 0.15) is 12.6 Å². The quantitative estimate of drug-likeness (QED) is 0.690. The van der Waals surface area contributed by atoms with Gasteiger partial charge in [0.05, 0.1) is 19.8 Å². The van der Waals surface area contributed by atoms with Crippen LogP contribution in [0, 0.1) is 5.41 Å². The van der Waals surface area contributed by atoms with Crippen LogP contribution in [0.5, 0.6) is 0 Å². The second-order valence-corrected chi connectivity index (χ2v) is 5.56. The molecule has 118 valence electrons. The number of benzene rings is 1. The number of aldehydes is 2. The molecule has 3 N–H and O–H groups in total. The van der Waals surface area contributed by atoms with Gasteiger partial charge < -0.3 is 15.3 Å². The van der Waals surface area contributed by atoms with E-state index in [2.05, 4.69) is 0 Å². The first-order valence-electron chi connectivity index (χ1n) is 6.74. The Morgan fingerprint density at radius 2 is 1.57 bits per heavy atom. The molecule has 0 fully saturated rings. The lowest BCUT2D eigenvalue weighted by Gasteiger charge is -2.20. The molecular weight excluding hydrogens is 272 g/mol. The molecule has 0 aliphatic heterocycles. The Morgan fingerprint density at radius 1 is 1.05 bits per heavy atom. The predicted molar refractivity (Wildman–Crippen MR) is 80.7 cm³/mol. The maximum Gasteiger partial charge on any atom is 0.150 e. The van der Waals surface area contributed by atoms with E-state index in [1.807, 2.05) is 13.8 Å². The monoisotopic (exact) mass is 296 g/mol. The van der Waals surface area contributed by atoms with Gasteiger partial charge in [-0.2, -0.15) is 0 Å². The maximum atomic E-state index is 10.6. The summed E-state index contributed by atoms with van der Waals surface area (Å²) in [5, 5.41) is 25.4. The highest BCUT2D eigenvalue weighted by Gasteiger charge is 2.20. The minimum absolute atomic E-state index is 0.181. The van der Waals surface area contributed by atoms with Crippen molar-refractivity contribution >= 4 is 12.6 Å². The number of carbonyl (C=O) groups is 2. The summed E-state index contributed by atoms with van der Waals surface area (Å²) < 4.78 is 0. The van der Waals surface area contributed by atoms with Crippen LogP contribution in [0.4, 0.5) is 0 Å². The lowest BCUT2D eigenvalue weighted by molar-refractivity contribution is 0.0200. The molecule has 0 aliphatic carbocycles. The standard InChI is InChI=1S/C11H12O2.C5H12O3/c1-8(2)11-5-9(6-12)3-4-10(11)7-13;1-5(2-6,3-7)4-8/h3-8H,1-2H3;6-8H,2-4H2,1H3. The Balaban J connectivity index is 0.000000433. The zero-order valence-corrected chi connectivity index (χ0v) is 12.7. The molecule has 0 spiro atoms. The average Bonchev–Trinajstić information content (AvgIpc) is 2.53. The molecule has 1 aromatic rings. The van der Waals surface area contributed by atoms with E-state index in [-0.39, 0.29) is 25.7 Å². The summed E-state index contributed by atoms with van der Waals surface area (Å²) in [5.74, 6) is 0.264. The van der Waals surface area contributed by atoms with Crippen LogP contribution in [-0.4, -0.2) is 47.7 Å². The van der Waals surface area contributed by atoms with Gasteiger partial charge in [-0.05, 0) is 17.5 Å². The molecule has 5 heteroatoms. The third-order valence-electron chi connectivity index (χ3n) is 3.14. The van der Waals surface area contributed by atoms with Crippen LogP contribution in [-0.2, 0) is 0 Å². The van der Waals surface area contributed by atoms with Gasteiger partial charge in [-0.3, -0.25) is 9.59 Å². The Labute approximate surface area is 125 Å². The smallest absolute Gasteiger partial charge is 0.150 e. The summed E-state index contributed by atoms with van der Waals surface area (Å²) in [6.07, 6.45) is 1.62. The molecule has 0 aliphatic rings. The molecule has 0 saturated heterocycles. The number of hydrogen-bond donors (Lipinski definition) is 3. The average molecular weight is 296 g/mol. The largest absolute Gasteiger partial charge is 0.396 e. The summed E-state index contributed by atoms with van der Waals surface area (Å²) in [6, 6.07) is 5.11. The molecule has 1 rings (SSSR count). The van der Waals surface area contributed by atoms with Crippen molar-refractivity contribution in [3.63, 3.8) is 0 Å². The summed E-state index contributed by atoms with van der Waals surface area (Å²) in [7, 11) is 0. The van der Waals surface area contributed by atoms with Crippen molar-refractivity contribution in [2.45, 2.75) is 26.7 Å². The highest BCUT2D eigenvalue weighted by atomic mass is 16.3. The van der Waals surface area contributed by atoms with E-state index in [0.29, 0.717) is 11.1 Å². The van der Waals surface area contributed by atoms with Crippen molar-refractivity contribution < 1.29 is 24.9 Å². The molecule has 0 radical (unpaired) electrons. The van der Waals surface area contributed by atoms with Crippen molar-refractivity contribution in [3.05, 3.63) is 34.9 Å². The fourth-order valence-electron chi connectivity index (χ4n) is 1.42. The van der Waals surface area contributed by atoms with Gasteiger partial charge in [-0.1, -0.05) is 32.9 Å². The van der Waals surface area contributed by atoms with Crippen molar-refractivity contribution in [2.24, 2.45) is 5.41 Å². The Morgan fingerprint density at radius 3 is 1.86 bits per heavy atom. The first kappa shape index (κ1) is 19.4. The highest BCUT2D eigenvalue weighted by molar-refractivity contribution is 5.82. The van der Waals surface area contributed by atoms with Gasteiger partial charge >= 0.3 is 0 Å². The van der Waals surface area contributed by atoms with Gasteiger partial charge in [0, 0.05) is 16.5 Å². The zero-order chi connectivity index (χ0) is 16.5. The van der Waals surface area contributed by atoms with Crippen molar-refractivity contribution in [1.82, 2.24) is 0 Å². The number of rotatable bonds is 6. The molecule has 0 amide bonds. The van der Waals surface area contributed by atoms with Gasteiger partial charge in [-0.15, -0.1) is 0 Å². The van der Waals surface area contributed by atoms with Crippen LogP contribution in [0.2, 0.25) is 0 Å². The van der Waals surface area contributed by atoms with Crippen LogP contribution in [0.1, 0.15) is 53.0 Å². The fourth-order valence-corrected chi connectivity index (χ4v) is 1.42. The third kappa shape index (κ3) is 6.16. The third-order valence-corrected chi connectivity index (χ3v) is 3.14. The van der Waals surface area contributed by atoms with Gasteiger partial charge in [-0.25, -0.2) is 0 Å². The lowest BCUT2D eigenvalue weighted by atomic mass is 9.95. The molecule has 21 heavy (non-hydrogen) atoms. The van der Waals surface area contributed by atoms with Crippen molar-refractivity contribution in [2.75, 3.05) is 19.8 Å². The van der Waals surface area contributed by atoms with Gasteiger partial charge in [0.25, 0.3) is 0 Å². The Bertz CT molecular complexity index is 442. The molecule has 0 aromatic heterocycles. The first-order chi connectivity index (χ1) is 9.87. The molecule has 1 aromatic carbocycles. The second kappa shape index (κ2) is 9.39. The van der Waals surface area contributed by atoms with Gasteiger partial charge in [0.15, 0.2) is 0 Å². The second-order valence-electron chi connectivity index (χ2n) is 5.56. The normalized spacial score (nSPS) is 10.8. The maximum absolute atomic E-state index is 10.6. The van der Waals surface area contributed by atoms with E-state index < -0.39 is 5.41 Å². The summed E-state index contributed by atoms with van der Waals surface area (Å²) >= 11 is 0. The number of hydrogen-bond acceptors (Lipinski definition) is 5. The van der Waals surface area contributed by atoms with E-state index in [4.69, 9.17) is 15.3 Å². The van der Waals surface area contributed by atoms with Crippen molar-refractivity contribution in [1.29, 1.82) is 0 Å². The minimum Gasteiger partial charge on any atom is -0.396 e. The summed E-state index contributed by atoms with van der Waals surface area (Å²) in [4.78, 5) is 21.1. The molecule has 0 unspecified atom stereocenters. The molecule has 0 atom stereocenters. The zero-order valence-electron chi connectivity index (χ0n) is 12.7. The van der Waals surface area contributed by atoms with Crippen LogP contribution in [0.15, 0.2) is 18.2 Å². The van der Waals surface area contributed by atoms with Crippen LogP contribution in [0.3, 0.4) is 0 Å². The van der Waals surface area contributed by atoms with Gasteiger partial charge in [0.2, 0.25) is 0 Å². The van der Waals surface area contributed by atoms with Crippen LogP contribution < -0.4 is 0 Å². The number of aliphatic hydroxyl groups excluding tert-OH is 3.